The molecule has 1 fully saturated rings. The van der Waals surface area contributed by atoms with E-state index in [2.05, 4.69) is 69.4 Å². The first-order chi connectivity index (χ1) is 15.3. The molecule has 0 bridgehead atoms. The Balaban J connectivity index is 1.41. The smallest absolute Gasteiger partial charge is 0.444 e. The molecule has 2 aromatic carbocycles. The molecule has 1 N–H and O–H groups in total. The molecule has 0 radical (unpaired) electrons. The lowest BCUT2D eigenvalue weighted by atomic mass is 9.78. The summed E-state index contributed by atoms with van der Waals surface area (Å²) in [6.45, 7) is 13.9. The molecular weight excluding hydrogens is 413 g/mol. The number of amides is 1. The van der Waals surface area contributed by atoms with E-state index in [4.69, 9.17) is 14.0 Å². The summed E-state index contributed by atoms with van der Waals surface area (Å²) in [4.78, 5) is 11.9. The van der Waals surface area contributed by atoms with Gasteiger partial charge in [-0.15, -0.1) is 0 Å². The van der Waals surface area contributed by atoms with Crippen LogP contribution in [0.15, 0.2) is 48.5 Å². The van der Waals surface area contributed by atoms with Crippen molar-refractivity contribution in [1.82, 2.24) is 0 Å². The summed E-state index contributed by atoms with van der Waals surface area (Å²) >= 11 is 0. The van der Waals surface area contributed by atoms with E-state index in [1.165, 1.54) is 11.1 Å². The van der Waals surface area contributed by atoms with Crippen LogP contribution in [0.3, 0.4) is 0 Å². The molecule has 3 rings (SSSR count). The fourth-order valence-electron chi connectivity index (χ4n) is 3.66. The molecule has 0 atom stereocenters. The van der Waals surface area contributed by atoms with E-state index in [9.17, 15) is 4.79 Å². The Labute approximate surface area is 199 Å². The van der Waals surface area contributed by atoms with E-state index in [-0.39, 0.29) is 18.3 Å². The molecular formula is C27H38BNO4. The highest BCUT2D eigenvalue weighted by Crippen LogP contribution is 2.36. The number of anilines is 1. The van der Waals surface area contributed by atoms with E-state index in [0.29, 0.717) is 0 Å². The molecule has 1 aliphatic rings. The van der Waals surface area contributed by atoms with Gasteiger partial charge in [-0.3, -0.25) is 5.32 Å². The van der Waals surface area contributed by atoms with Crippen LogP contribution in [0.2, 0.25) is 0 Å². The standard InChI is InChI=1S/C27H38BNO4/c1-25(2,3)31-24(30)29-23-18-14-21(15-19-23)11-9-8-10-20-12-16-22(17-13-20)28-32-26(4,5)27(6,7)33-28/h12-19H,8-11H2,1-7H3,(H,29,30). The number of nitrogens with one attached hydrogen (secondary N) is 1. The minimum atomic E-state index is -0.504. The lowest BCUT2D eigenvalue weighted by Gasteiger charge is -2.32. The van der Waals surface area contributed by atoms with Gasteiger partial charge in [0.25, 0.3) is 0 Å². The second kappa shape index (κ2) is 9.90. The van der Waals surface area contributed by atoms with Crippen LogP contribution in [-0.2, 0) is 26.9 Å². The number of carbonyl (C=O) groups excluding carboxylic acids is 1. The molecule has 0 spiro atoms. The summed E-state index contributed by atoms with van der Waals surface area (Å²) in [6.07, 6.45) is 3.85. The summed E-state index contributed by atoms with van der Waals surface area (Å²) in [7, 11) is -0.308. The third-order valence-corrected chi connectivity index (χ3v) is 6.29. The summed E-state index contributed by atoms with van der Waals surface area (Å²) < 4.78 is 17.6. The SMILES string of the molecule is CC(C)(C)OC(=O)Nc1ccc(CCCCc2ccc(B3OC(C)(C)C(C)(C)O3)cc2)cc1. The lowest BCUT2D eigenvalue weighted by Crippen LogP contribution is -2.41. The summed E-state index contributed by atoms with van der Waals surface area (Å²) in [5.74, 6) is 0. The van der Waals surface area contributed by atoms with Crippen LogP contribution in [0.1, 0.15) is 72.4 Å². The average molecular weight is 451 g/mol. The fourth-order valence-corrected chi connectivity index (χ4v) is 3.66. The van der Waals surface area contributed by atoms with Crippen molar-refractivity contribution >= 4 is 24.4 Å². The minimum absolute atomic E-state index is 0.308. The van der Waals surface area contributed by atoms with Gasteiger partial charge in [-0.2, -0.15) is 0 Å². The van der Waals surface area contributed by atoms with Crippen molar-refractivity contribution in [3.63, 3.8) is 0 Å². The maximum atomic E-state index is 11.9. The second-order valence-electron chi connectivity index (χ2n) is 10.9. The Morgan fingerprint density at radius 1 is 0.848 bits per heavy atom. The summed E-state index contributed by atoms with van der Waals surface area (Å²) in [6, 6.07) is 16.6. The van der Waals surface area contributed by atoms with Gasteiger partial charge < -0.3 is 14.0 Å². The molecule has 1 saturated heterocycles. The normalized spacial score (nSPS) is 17.1. The lowest BCUT2D eigenvalue weighted by molar-refractivity contribution is 0.00578. The molecule has 0 unspecified atom stereocenters. The number of hydrogen-bond donors (Lipinski definition) is 1. The highest BCUT2D eigenvalue weighted by molar-refractivity contribution is 6.62. The van der Waals surface area contributed by atoms with Gasteiger partial charge in [-0.1, -0.05) is 36.4 Å². The molecule has 6 heteroatoms. The van der Waals surface area contributed by atoms with Gasteiger partial charge in [0.1, 0.15) is 5.60 Å². The Morgan fingerprint density at radius 3 is 1.76 bits per heavy atom. The average Bonchev–Trinajstić information content (AvgIpc) is 2.92. The topological polar surface area (TPSA) is 56.8 Å². The van der Waals surface area contributed by atoms with Crippen LogP contribution in [-0.4, -0.2) is 30.0 Å². The van der Waals surface area contributed by atoms with Crippen LogP contribution in [0.5, 0.6) is 0 Å². The Hall–Kier alpha value is -2.31. The first-order valence-corrected chi connectivity index (χ1v) is 11.9. The molecule has 178 valence electrons. The highest BCUT2D eigenvalue weighted by Gasteiger charge is 2.51. The quantitative estimate of drug-likeness (QED) is 0.421. The van der Waals surface area contributed by atoms with E-state index in [1.807, 2.05) is 32.9 Å². The van der Waals surface area contributed by atoms with Gasteiger partial charge in [0.2, 0.25) is 0 Å². The zero-order valence-electron chi connectivity index (χ0n) is 21.2. The van der Waals surface area contributed by atoms with Gasteiger partial charge in [0.05, 0.1) is 11.2 Å². The van der Waals surface area contributed by atoms with Crippen LogP contribution in [0, 0.1) is 0 Å². The Morgan fingerprint density at radius 2 is 1.30 bits per heavy atom. The monoisotopic (exact) mass is 451 g/mol. The van der Waals surface area contributed by atoms with Crippen LogP contribution >= 0.6 is 0 Å². The molecule has 1 heterocycles. The summed E-state index contributed by atoms with van der Waals surface area (Å²) in [5.41, 5.74) is 3.26. The molecule has 5 nitrogen and oxygen atoms in total. The van der Waals surface area contributed by atoms with Gasteiger partial charge in [0.15, 0.2) is 0 Å². The first-order valence-electron chi connectivity index (χ1n) is 11.9. The third kappa shape index (κ3) is 7.09. The van der Waals surface area contributed by atoms with Crippen LogP contribution in [0.25, 0.3) is 0 Å². The van der Waals surface area contributed by atoms with Crippen molar-refractivity contribution in [2.24, 2.45) is 0 Å². The molecule has 1 amide bonds. The van der Waals surface area contributed by atoms with E-state index < -0.39 is 11.7 Å². The zero-order valence-corrected chi connectivity index (χ0v) is 21.2. The number of hydrogen-bond acceptors (Lipinski definition) is 4. The maximum absolute atomic E-state index is 11.9. The highest BCUT2D eigenvalue weighted by atomic mass is 16.7. The molecule has 1 aliphatic heterocycles. The van der Waals surface area contributed by atoms with Crippen molar-refractivity contribution < 1.29 is 18.8 Å². The number of unbranched alkanes of at least 4 members (excludes halogenated alkanes) is 1. The molecule has 0 saturated carbocycles. The van der Waals surface area contributed by atoms with Crippen molar-refractivity contribution in [2.75, 3.05) is 5.32 Å². The second-order valence-corrected chi connectivity index (χ2v) is 10.9. The number of carbonyl (C=O) groups is 1. The number of aryl methyl sites for hydroxylation is 2. The van der Waals surface area contributed by atoms with Crippen LogP contribution < -0.4 is 10.8 Å². The van der Waals surface area contributed by atoms with Crippen molar-refractivity contribution in [3.05, 3.63) is 59.7 Å². The molecule has 0 aliphatic carbocycles. The van der Waals surface area contributed by atoms with Crippen LogP contribution in [0.4, 0.5) is 10.5 Å². The molecule has 33 heavy (non-hydrogen) atoms. The fraction of sp³-hybridized carbons (Fsp3) is 0.519. The van der Waals surface area contributed by atoms with E-state index in [1.54, 1.807) is 0 Å². The molecule has 0 aromatic heterocycles. The van der Waals surface area contributed by atoms with Crippen molar-refractivity contribution in [1.29, 1.82) is 0 Å². The van der Waals surface area contributed by atoms with E-state index >= 15 is 0 Å². The predicted octanol–water partition coefficient (Wildman–Crippen LogP) is 5.90. The van der Waals surface area contributed by atoms with Gasteiger partial charge >= 0.3 is 13.2 Å². The summed E-state index contributed by atoms with van der Waals surface area (Å²) in [5, 5.41) is 2.77. The Kier molecular flexibility index (Phi) is 7.60. The largest absolute Gasteiger partial charge is 0.494 e. The van der Waals surface area contributed by atoms with Gasteiger partial charge in [0, 0.05) is 5.69 Å². The first kappa shape index (κ1) is 25.3. The zero-order chi connectivity index (χ0) is 24.3. The number of benzene rings is 2. The minimum Gasteiger partial charge on any atom is -0.444 e. The maximum Gasteiger partial charge on any atom is 0.494 e. The van der Waals surface area contributed by atoms with Crippen molar-refractivity contribution in [2.45, 2.75) is 91.0 Å². The number of ether oxygens (including phenoxy) is 1. The van der Waals surface area contributed by atoms with Gasteiger partial charge in [-0.05, 0) is 103 Å². The number of rotatable bonds is 7. The van der Waals surface area contributed by atoms with E-state index in [0.717, 1.165) is 36.8 Å². The predicted molar refractivity (Wildman–Crippen MR) is 135 cm³/mol. The Bertz CT molecular complexity index is 914. The van der Waals surface area contributed by atoms with Gasteiger partial charge in [-0.25, -0.2) is 4.79 Å². The third-order valence-electron chi connectivity index (χ3n) is 6.29. The molecule has 2 aromatic rings. The van der Waals surface area contributed by atoms with Crippen molar-refractivity contribution in [3.8, 4) is 0 Å².